The van der Waals surface area contributed by atoms with Crippen molar-refractivity contribution in [2.45, 2.75) is 375 Å². The maximum atomic E-state index is 13.0. The molecule has 0 heterocycles. The molecule has 0 aromatic carbocycles. The number of unbranched alkanes of at least 4 members (excludes halogenated alkanes) is 34. The molecule has 0 aromatic heterocycles. The van der Waals surface area contributed by atoms with Gasteiger partial charge in [0.1, 0.15) is 19.3 Å². The molecule has 3 N–H and O–H groups in total. The fraction of sp³-hybridized carbons (Fsp3) is 0.944. The zero-order valence-corrected chi connectivity index (χ0v) is 61.3. The van der Waals surface area contributed by atoms with Crippen LogP contribution in [0, 0.1) is 23.7 Å². The molecular weight excluding hydrogens is 1200 g/mol. The molecular formula is C72H140O17P2. The van der Waals surface area contributed by atoms with Crippen molar-refractivity contribution >= 4 is 39.5 Å². The van der Waals surface area contributed by atoms with E-state index in [1.165, 1.54) is 154 Å². The molecule has 0 bridgehead atoms. The van der Waals surface area contributed by atoms with Crippen LogP contribution in [-0.4, -0.2) is 96.7 Å². The maximum Gasteiger partial charge on any atom is 0.472 e. The third-order valence-corrected chi connectivity index (χ3v) is 18.8. The van der Waals surface area contributed by atoms with Gasteiger partial charge in [0.25, 0.3) is 0 Å². The summed E-state index contributed by atoms with van der Waals surface area (Å²) in [5, 5.41) is 10.6. The molecule has 0 saturated carbocycles. The summed E-state index contributed by atoms with van der Waals surface area (Å²) in [7, 11) is -9.91. The number of phosphoric ester groups is 2. The minimum Gasteiger partial charge on any atom is -0.462 e. The lowest BCUT2D eigenvalue weighted by atomic mass is 10.00. The summed E-state index contributed by atoms with van der Waals surface area (Å²) < 4.78 is 68.3. The lowest BCUT2D eigenvalue weighted by molar-refractivity contribution is -0.161. The van der Waals surface area contributed by atoms with Crippen LogP contribution in [0.5, 0.6) is 0 Å². The Morgan fingerprint density at radius 2 is 0.527 bits per heavy atom. The van der Waals surface area contributed by atoms with Crippen LogP contribution in [0.1, 0.15) is 357 Å². The number of aliphatic hydroxyl groups excluding tert-OH is 1. The van der Waals surface area contributed by atoms with E-state index in [9.17, 15) is 43.2 Å². The first-order valence-corrected chi connectivity index (χ1v) is 40.2. The Balaban J connectivity index is 5.25. The standard InChI is InChI=1S/C72H140O17P2/c1-9-65(8)51-43-35-30-31-37-45-53-70(75)83-59-68(89-72(77)55-47-39-29-23-22-26-34-42-50-64(6)7)61-87-91(80,81)85-57-66(73)56-84-90(78,79)86-60-67(88-71(76)54-46-38-28-21-17-13-15-19-25-33-41-49-63(4)5)58-82-69(74)52-44-36-27-20-16-12-10-11-14-18-24-32-40-48-62(2)3/h62-68,73H,9-61H2,1-8H3,(H,78,79)(H,80,81)/t65?,66-,67-,68-/m1/s1. The van der Waals surface area contributed by atoms with Gasteiger partial charge in [-0.3, -0.25) is 37.3 Å². The lowest BCUT2D eigenvalue weighted by Crippen LogP contribution is -2.30. The SMILES string of the molecule is CCC(C)CCCCCCCCC(=O)OC[C@H](COP(=O)(O)OC[C@H](O)COP(=O)(O)OC[C@@H](COC(=O)CCCCCCCCCCCCCCCC(C)C)OC(=O)CCCCCCCCCCCCCC(C)C)OC(=O)CCCCCCCCCCC(C)C. The molecule has 0 fully saturated rings. The van der Waals surface area contributed by atoms with Crippen LogP contribution in [0.15, 0.2) is 0 Å². The van der Waals surface area contributed by atoms with Crippen molar-refractivity contribution in [3.8, 4) is 0 Å². The van der Waals surface area contributed by atoms with Gasteiger partial charge in [0, 0.05) is 25.7 Å². The molecule has 0 spiro atoms. The maximum absolute atomic E-state index is 13.0. The second-order valence-electron chi connectivity index (χ2n) is 27.6. The number of ether oxygens (including phenoxy) is 4. The molecule has 17 nitrogen and oxygen atoms in total. The number of carbonyl (C=O) groups excluding carboxylic acids is 4. The Hall–Kier alpha value is -1.94. The Kier molecular flexibility index (Phi) is 60.3. The molecule has 0 saturated heterocycles. The van der Waals surface area contributed by atoms with Gasteiger partial charge in [-0.15, -0.1) is 0 Å². The van der Waals surface area contributed by atoms with E-state index in [1.807, 2.05) is 0 Å². The average Bonchev–Trinajstić information content (AvgIpc) is 3.25. The molecule has 0 aliphatic carbocycles. The van der Waals surface area contributed by atoms with E-state index < -0.39 is 97.5 Å². The van der Waals surface area contributed by atoms with Gasteiger partial charge < -0.3 is 33.8 Å². The van der Waals surface area contributed by atoms with E-state index in [2.05, 4.69) is 55.4 Å². The summed E-state index contributed by atoms with van der Waals surface area (Å²) in [4.78, 5) is 72.6. The van der Waals surface area contributed by atoms with Gasteiger partial charge in [0.2, 0.25) is 0 Å². The Morgan fingerprint density at radius 1 is 0.308 bits per heavy atom. The smallest absolute Gasteiger partial charge is 0.462 e. The van der Waals surface area contributed by atoms with E-state index in [4.69, 9.17) is 37.0 Å². The van der Waals surface area contributed by atoms with Crippen molar-refractivity contribution in [2.75, 3.05) is 39.6 Å². The molecule has 0 rings (SSSR count). The highest BCUT2D eigenvalue weighted by molar-refractivity contribution is 7.47. The third-order valence-electron chi connectivity index (χ3n) is 16.9. The molecule has 0 aliphatic rings. The van der Waals surface area contributed by atoms with E-state index >= 15 is 0 Å². The molecule has 0 aliphatic heterocycles. The van der Waals surface area contributed by atoms with E-state index in [0.29, 0.717) is 25.7 Å². The van der Waals surface area contributed by atoms with Gasteiger partial charge in [-0.2, -0.15) is 0 Å². The number of hydrogen-bond acceptors (Lipinski definition) is 15. The van der Waals surface area contributed by atoms with E-state index in [1.54, 1.807) is 0 Å². The number of phosphoric acid groups is 2. The zero-order valence-electron chi connectivity index (χ0n) is 59.5. The molecule has 0 radical (unpaired) electrons. The van der Waals surface area contributed by atoms with Crippen LogP contribution in [0.4, 0.5) is 0 Å². The first kappa shape index (κ1) is 89.1. The fourth-order valence-corrected chi connectivity index (χ4v) is 12.4. The largest absolute Gasteiger partial charge is 0.472 e. The average molecular weight is 1340 g/mol. The summed E-state index contributed by atoms with van der Waals surface area (Å²) in [6, 6.07) is 0. The normalized spacial score (nSPS) is 14.5. The van der Waals surface area contributed by atoms with E-state index in [0.717, 1.165) is 120 Å². The Bertz CT molecular complexity index is 1800. The van der Waals surface area contributed by atoms with Crippen LogP contribution in [-0.2, 0) is 65.4 Å². The summed E-state index contributed by atoms with van der Waals surface area (Å²) in [5.41, 5.74) is 0. The predicted molar refractivity (Wildman–Crippen MR) is 367 cm³/mol. The topological polar surface area (TPSA) is 237 Å². The second-order valence-corrected chi connectivity index (χ2v) is 30.6. The Labute approximate surface area is 556 Å². The molecule has 0 amide bonds. The fourth-order valence-electron chi connectivity index (χ4n) is 10.8. The van der Waals surface area contributed by atoms with Crippen LogP contribution in [0.25, 0.3) is 0 Å². The van der Waals surface area contributed by atoms with Crippen molar-refractivity contribution in [3.05, 3.63) is 0 Å². The third kappa shape index (κ3) is 65.1. The van der Waals surface area contributed by atoms with Gasteiger partial charge in [0.05, 0.1) is 26.4 Å². The molecule has 6 atom stereocenters. The van der Waals surface area contributed by atoms with Gasteiger partial charge in [0.15, 0.2) is 12.2 Å². The van der Waals surface area contributed by atoms with Gasteiger partial charge in [-0.1, -0.05) is 306 Å². The number of rotatable bonds is 69. The second kappa shape index (κ2) is 61.6. The zero-order chi connectivity index (χ0) is 67.5. The summed E-state index contributed by atoms with van der Waals surface area (Å²) in [6.07, 6.45) is 44.5. The molecule has 91 heavy (non-hydrogen) atoms. The quantitative estimate of drug-likeness (QED) is 0.0222. The van der Waals surface area contributed by atoms with Crippen molar-refractivity contribution in [1.29, 1.82) is 0 Å². The van der Waals surface area contributed by atoms with E-state index in [-0.39, 0.29) is 25.7 Å². The van der Waals surface area contributed by atoms with Gasteiger partial charge in [-0.25, -0.2) is 9.13 Å². The highest BCUT2D eigenvalue weighted by Crippen LogP contribution is 2.45. The number of hydrogen-bond donors (Lipinski definition) is 3. The Morgan fingerprint density at radius 3 is 0.780 bits per heavy atom. The number of aliphatic hydroxyl groups is 1. The molecule has 19 heteroatoms. The van der Waals surface area contributed by atoms with Crippen LogP contribution < -0.4 is 0 Å². The van der Waals surface area contributed by atoms with Crippen molar-refractivity contribution in [1.82, 2.24) is 0 Å². The number of carbonyl (C=O) groups is 4. The first-order valence-electron chi connectivity index (χ1n) is 37.2. The van der Waals surface area contributed by atoms with Gasteiger partial charge in [-0.05, 0) is 49.4 Å². The summed E-state index contributed by atoms with van der Waals surface area (Å²) in [6.45, 7) is 14.1. The van der Waals surface area contributed by atoms with Crippen molar-refractivity contribution in [3.63, 3.8) is 0 Å². The minimum absolute atomic E-state index is 0.103. The summed E-state index contributed by atoms with van der Waals surface area (Å²) >= 11 is 0. The molecule has 0 aromatic rings. The highest BCUT2D eigenvalue weighted by atomic mass is 31.2. The van der Waals surface area contributed by atoms with Crippen molar-refractivity contribution < 1.29 is 80.2 Å². The highest BCUT2D eigenvalue weighted by Gasteiger charge is 2.30. The predicted octanol–water partition coefficient (Wildman–Crippen LogP) is 20.5. The molecule has 3 unspecified atom stereocenters. The minimum atomic E-state index is -4.95. The summed E-state index contributed by atoms with van der Waals surface area (Å²) in [5.74, 6) is 0.877. The monoisotopic (exact) mass is 1340 g/mol. The van der Waals surface area contributed by atoms with Crippen LogP contribution in [0.3, 0.4) is 0 Å². The van der Waals surface area contributed by atoms with Gasteiger partial charge >= 0.3 is 39.5 Å². The van der Waals surface area contributed by atoms with Crippen LogP contribution in [0.2, 0.25) is 0 Å². The first-order chi connectivity index (χ1) is 43.6. The molecule has 540 valence electrons. The number of esters is 4. The lowest BCUT2D eigenvalue weighted by Gasteiger charge is -2.21. The van der Waals surface area contributed by atoms with Crippen molar-refractivity contribution in [2.24, 2.45) is 23.7 Å². The van der Waals surface area contributed by atoms with Crippen LogP contribution >= 0.6 is 15.6 Å².